The molecule has 0 bridgehead atoms. The molecule has 1 amide bonds. The summed E-state index contributed by atoms with van der Waals surface area (Å²) < 4.78 is 1.74. The maximum atomic E-state index is 12.3. The van der Waals surface area contributed by atoms with Gasteiger partial charge in [0.25, 0.3) is 0 Å². The van der Waals surface area contributed by atoms with Crippen molar-refractivity contribution in [2.45, 2.75) is 25.8 Å². The van der Waals surface area contributed by atoms with E-state index in [1.807, 2.05) is 43.6 Å². The standard InChI is InChI=1S/C20H22N4O/c1-15(16-7-4-3-5-8-16)11-19(25)22-12-17-9-6-10-21-20(17)18-13-23-24(2)14-18/h3-10,13-15H,11-12H2,1-2H3,(H,22,25). The molecule has 0 aliphatic carbocycles. The molecular weight excluding hydrogens is 312 g/mol. The Morgan fingerprint density at radius 1 is 1.20 bits per heavy atom. The van der Waals surface area contributed by atoms with Gasteiger partial charge in [-0.1, -0.05) is 43.3 Å². The molecule has 25 heavy (non-hydrogen) atoms. The van der Waals surface area contributed by atoms with E-state index in [4.69, 9.17) is 0 Å². The molecule has 5 nitrogen and oxygen atoms in total. The van der Waals surface area contributed by atoms with Gasteiger partial charge in [0, 0.05) is 38.0 Å². The second-order valence-electron chi connectivity index (χ2n) is 6.21. The number of aromatic nitrogens is 3. The molecule has 0 fully saturated rings. The fraction of sp³-hybridized carbons (Fsp3) is 0.250. The van der Waals surface area contributed by atoms with E-state index in [0.29, 0.717) is 13.0 Å². The first-order valence-corrected chi connectivity index (χ1v) is 8.38. The van der Waals surface area contributed by atoms with Crippen molar-refractivity contribution in [2.75, 3.05) is 0 Å². The maximum absolute atomic E-state index is 12.3. The van der Waals surface area contributed by atoms with Crippen molar-refractivity contribution < 1.29 is 4.79 Å². The lowest BCUT2D eigenvalue weighted by Gasteiger charge is -2.13. The van der Waals surface area contributed by atoms with Gasteiger partial charge in [-0.25, -0.2) is 0 Å². The van der Waals surface area contributed by atoms with Gasteiger partial charge in [0.05, 0.1) is 11.9 Å². The largest absolute Gasteiger partial charge is 0.352 e. The number of amides is 1. The summed E-state index contributed by atoms with van der Waals surface area (Å²) in [4.78, 5) is 16.7. The van der Waals surface area contributed by atoms with Crippen LogP contribution >= 0.6 is 0 Å². The molecule has 0 radical (unpaired) electrons. The van der Waals surface area contributed by atoms with E-state index < -0.39 is 0 Å². The van der Waals surface area contributed by atoms with Crippen LogP contribution in [0.3, 0.4) is 0 Å². The Bertz CT molecular complexity index is 842. The van der Waals surface area contributed by atoms with Crippen LogP contribution in [0.25, 0.3) is 11.3 Å². The quantitative estimate of drug-likeness (QED) is 0.752. The molecule has 3 aromatic rings. The Morgan fingerprint density at radius 3 is 2.72 bits per heavy atom. The second-order valence-corrected chi connectivity index (χ2v) is 6.21. The number of hydrogen-bond donors (Lipinski definition) is 1. The van der Waals surface area contributed by atoms with Crippen molar-refractivity contribution in [3.63, 3.8) is 0 Å². The Hall–Kier alpha value is -2.95. The molecule has 0 spiro atoms. The van der Waals surface area contributed by atoms with E-state index in [-0.39, 0.29) is 11.8 Å². The molecule has 1 aromatic carbocycles. The highest BCUT2D eigenvalue weighted by molar-refractivity contribution is 5.77. The average molecular weight is 334 g/mol. The number of nitrogens with one attached hydrogen (secondary N) is 1. The van der Waals surface area contributed by atoms with Crippen LogP contribution in [0.4, 0.5) is 0 Å². The SMILES string of the molecule is CC(CC(=O)NCc1cccnc1-c1cnn(C)c1)c1ccccc1. The predicted molar refractivity (Wildman–Crippen MR) is 97.8 cm³/mol. The van der Waals surface area contributed by atoms with Crippen LogP contribution < -0.4 is 5.32 Å². The normalized spacial score (nSPS) is 11.9. The van der Waals surface area contributed by atoms with Crippen molar-refractivity contribution in [2.24, 2.45) is 7.05 Å². The molecule has 1 unspecified atom stereocenters. The topological polar surface area (TPSA) is 59.8 Å². The summed E-state index contributed by atoms with van der Waals surface area (Å²) in [5, 5.41) is 7.20. The lowest BCUT2D eigenvalue weighted by molar-refractivity contribution is -0.121. The van der Waals surface area contributed by atoms with E-state index in [0.717, 1.165) is 16.8 Å². The molecule has 2 aromatic heterocycles. The molecule has 5 heteroatoms. The lowest BCUT2D eigenvalue weighted by Crippen LogP contribution is -2.24. The third-order valence-electron chi connectivity index (χ3n) is 4.21. The Kier molecular flexibility index (Phi) is 5.23. The van der Waals surface area contributed by atoms with Gasteiger partial charge in [0.15, 0.2) is 0 Å². The first-order valence-electron chi connectivity index (χ1n) is 8.38. The van der Waals surface area contributed by atoms with Crippen LogP contribution in [0, 0.1) is 0 Å². The maximum Gasteiger partial charge on any atom is 0.220 e. The predicted octanol–water partition coefficient (Wildman–Crippen LogP) is 3.29. The zero-order valence-corrected chi connectivity index (χ0v) is 14.5. The highest BCUT2D eigenvalue weighted by Crippen LogP contribution is 2.21. The molecule has 0 aliphatic heterocycles. The van der Waals surface area contributed by atoms with Gasteiger partial charge in [-0.15, -0.1) is 0 Å². The van der Waals surface area contributed by atoms with E-state index in [9.17, 15) is 4.79 Å². The van der Waals surface area contributed by atoms with Gasteiger partial charge in [0.2, 0.25) is 5.91 Å². The molecule has 1 atom stereocenters. The third kappa shape index (κ3) is 4.32. The smallest absolute Gasteiger partial charge is 0.220 e. The lowest BCUT2D eigenvalue weighted by atomic mass is 9.97. The zero-order chi connectivity index (χ0) is 17.6. The number of carbonyl (C=O) groups is 1. The van der Waals surface area contributed by atoms with E-state index >= 15 is 0 Å². The monoisotopic (exact) mass is 334 g/mol. The number of pyridine rings is 1. The number of rotatable bonds is 6. The van der Waals surface area contributed by atoms with E-state index in [1.54, 1.807) is 17.1 Å². The molecule has 128 valence electrons. The molecule has 1 N–H and O–H groups in total. The van der Waals surface area contributed by atoms with E-state index in [2.05, 4.69) is 34.5 Å². The molecular formula is C20H22N4O. The number of nitrogens with zero attached hydrogens (tertiary/aromatic N) is 3. The summed E-state index contributed by atoms with van der Waals surface area (Å²) in [6, 6.07) is 14.0. The fourth-order valence-electron chi connectivity index (χ4n) is 2.83. The number of hydrogen-bond acceptors (Lipinski definition) is 3. The first kappa shape index (κ1) is 16.9. The zero-order valence-electron chi connectivity index (χ0n) is 14.5. The van der Waals surface area contributed by atoms with Crippen molar-refractivity contribution in [3.05, 3.63) is 72.2 Å². The minimum Gasteiger partial charge on any atom is -0.352 e. The van der Waals surface area contributed by atoms with Gasteiger partial charge in [-0.05, 0) is 23.1 Å². The number of aryl methyl sites for hydroxylation is 1. The van der Waals surface area contributed by atoms with Gasteiger partial charge in [-0.3, -0.25) is 14.5 Å². The summed E-state index contributed by atoms with van der Waals surface area (Å²) in [5.74, 6) is 0.227. The van der Waals surface area contributed by atoms with E-state index in [1.165, 1.54) is 5.56 Å². The van der Waals surface area contributed by atoms with Crippen molar-refractivity contribution >= 4 is 5.91 Å². The Morgan fingerprint density at radius 2 is 2.00 bits per heavy atom. The molecule has 0 saturated heterocycles. The van der Waals surface area contributed by atoms with Gasteiger partial charge in [0.1, 0.15) is 0 Å². The summed E-state index contributed by atoms with van der Waals surface area (Å²) >= 11 is 0. The number of carbonyl (C=O) groups excluding carboxylic acids is 1. The second kappa shape index (κ2) is 7.75. The summed E-state index contributed by atoms with van der Waals surface area (Å²) in [7, 11) is 1.87. The van der Waals surface area contributed by atoms with Crippen molar-refractivity contribution in [1.29, 1.82) is 0 Å². The van der Waals surface area contributed by atoms with Crippen LogP contribution in [0.2, 0.25) is 0 Å². The molecule has 2 heterocycles. The first-order chi connectivity index (χ1) is 12.1. The van der Waals surface area contributed by atoms with Crippen molar-refractivity contribution in [1.82, 2.24) is 20.1 Å². The summed E-state index contributed by atoms with van der Waals surface area (Å²) in [5.41, 5.74) is 3.96. The highest BCUT2D eigenvalue weighted by atomic mass is 16.1. The molecule has 0 saturated carbocycles. The van der Waals surface area contributed by atoms with Crippen molar-refractivity contribution in [3.8, 4) is 11.3 Å². The van der Waals surface area contributed by atoms with Gasteiger partial charge in [-0.2, -0.15) is 5.10 Å². The van der Waals surface area contributed by atoms with Gasteiger partial charge >= 0.3 is 0 Å². The Balaban J connectivity index is 1.63. The molecule has 0 aliphatic rings. The number of benzene rings is 1. The van der Waals surface area contributed by atoms with Crippen LogP contribution in [-0.2, 0) is 18.4 Å². The van der Waals surface area contributed by atoms with Crippen LogP contribution in [-0.4, -0.2) is 20.7 Å². The Labute approximate surface area is 147 Å². The van der Waals surface area contributed by atoms with Crippen LogP contribution in [0.1, 0.15) is 30.4 Å². The van der Waals surface area contributed by atoms with Crippen LogP contribution in [0.15, 0.2) is 61.1 Å². The summed E-state index contributed by atoms with van der Waals surface area (Å²) in [6.07, 6.45) is 5.92. The highest BCUT2D eigenvalue weighted by Gasteiger charge is 2.13. The molecule has 3 rings (SSSR count). The minimum absolute atomic E-state index is 0.0392. The third-order valence-corrected chi connectivity index (χ3v) is 4.21. The fourth-order valence-corrected chi connectivity index (χ4v) is 2.83. The van der Waals surface area contributed by atoms with Crippen LogP contribution in [0.5, 0.6) is 0 Å². The van der Waals surface area contributed by atoms with Gasteiger partial charge < -0.3 is 5.32 Å². The average Bonchev–Trinajstić information content (AvgIpc) is 3.07. The minimum atomic E-state index is 0.0392. The summed E-state index contributed by atoms with van der Waals surface area (Å²) in [6.45, 7) is 2.53.